The molecule has 0 bridgehead atoms. The molecule has 6 N–H and O–H groups in total. The molecule has 0 unspecified atom stereocenters. The number of benzene rings is 9. The van der Waals surface area contributed by atoms with Gasteiger partial charge < -0.3 is 64.4 Å². The van der Waals surface area contributed by atoms with Gasteiger partial charge in [-0.25, -0.2) is 9.59 Å². The third-order valence-corrected chi connectivity index (χ3v) is 20.9. The molecule has 4 aliphatic heterocycles. The Hall–Kier alpha value is -10.6. The number of nitrogens with zero attached hydrogens (tertiary/aromatic N) is 5. The lowest BCUT2D eigenvalue weighted by Gasteiger charge is -2.36. The van der Waals surface area contributed by atoms with E-state index in [1.807, 2.05) is 137 Å². The number of aliphatic hydroxyl groups is 3. The molecule has 16 nitrogen and oxygen atoms in total. The summed E-state index contributed by atoms with van der Waals surface area (Å²) in [5, 5.41) is 58.5. The second-order valence-corrected chi connectivity index (χ2v) is 31.4. The highest BCUT2D eigenvalue weighted by Gasteiger charge is 2.42. The monoisotopic (exact) mass is 1510 g/mol. The van der Waals surface area contributed by atoms with E-state index in [9.17, 15) is 40.2 Å². The van der Waals surface area contributed by atoms with Gasteiger partial charge in [-0.1, -0.05) is 164 Å². The van der Waals surface area contributed by atoms with Crippen molar-refractivity contribution in [1.29, 1.82) is 0 Å². The molecular weight excluding hydrogens is 1400 g/mol. The summed E-state index contributed by atoms with van der Waals surface area (Å²) in [7, 11) is 0. The smallest absolute Gasteiger partial charge is 0.410 e. The Bertz CT molecular complexity index is 4490. The van der Waals surface area contributed by atoms with Crippen molar-refractivity contribution in [2.24, 2.45) is 11.8 Å². The molecular formula is C96H113N5O11. The zero-order valence-corrected chi connectivity index (χ0v) is 66.1. The lowest BCUT2D eigenvalue weighted by molar-refractivity contribution is 0.0237. The first-order valence-electron chi connectivity index (χ1n) is 39.9. The van der Waals surface area contributed by atoms with Gasteiger partial charge in [-0.15, -0.1) is 0 Å². The molecule has 4 fully saturated rings. The minimum Gasteiger partial charge on any atom is -0.508 e. The second-order valence-electron chi connectivity index (χ2n) is 31.4. The first-order chi connectivity index (χ1) is 54.2. The Morgan fingerprint density at radius 2 is 0.670 bits per heavy atom. The number of allylic oxidation sites excluding steroid dienone is 3. The van der Waals surface area contributed by atoms with E-state index in [-0.39, 0.29) is 49.3 Å². The van der Waals surface area contributed by atoms with Crippen LogP contribution in [0.3, 0.4) is 0 Å². The van der Waals surface area contributed by atoms with E-state index < -0.39 is 11.2 Å². The average molecular weight is 1510 g/mol. The number of hydrogen-bond acceptors (Lipinski definition) is 14. The third kappa shape index (κ3) is 23.3. The van der Waals surface area contributed by atoms with Crippen LogP contribution in [0.25, 0.3) is 33.4 Å². The number of carbonyl (C=O) groups excluding carboxylic acids is 2. The molecule has 0 radical (unpaired) electrons. The topological polar surface area (TPSA) is 199 Å². The summed E-state index contributed by atoms with van der Waals surface area (Å²) < 4.78 is 17.3. The van der Waals surface area contributed by atoms with Gasteiger partial charge in [0, 0.05) is 103 Å². The molecule has 4 heterocycles. The van der Waals surface area contributed by atoms with Crippen LogP contribution in [-0.2, 0) is 9.47 Å². The molecule has 0 saturated carbocycles. The van der Waals surface area contributed by atoms with Gasteiger partial charge in [-0.3, -0.25) is 4.90 Å². The number of piperidine rings is 1. The van der Waals surface area contributed by atoms with Crippen molar-refractivity contribution in [3.05, 3.63) is 287 Å². The van der Waals surface area contributed by atoms with Crippen LogP contribution in [0.5, 0.6) is 23.0 Å². The highest BCUT2D eigenvalue weighted by atomic mass is 16.6. The van der Waals surface area contributed by atoms with Gasteiger partial charge in [0.2, 0.25) is 0 Å². The highest BCUT2D eigenvalue weighted by Crippen LogP contribution is 2.41. The normalized spacial score (nSPS) is 16.5. The number of aliphatic hydroxyl groups excluding tert-OH is 3. The van der Waals surface area contributed by atoms with Gasteiger partial charge in [-0.05, 0) is 267 Å². The molecule has 588 valence electrons. The molecule has 0 aromatic heterocycles. The zero-order chi connectivity index (χ0) is 79.0. The first kappa shape index (κ1) is 82.3. The number of amides is 2. The number of anilines is 2. The molecule has 0 spiro atoms. The lowest BCUT2D eigenvalue weighted by Crippen LogP contribution is -2.50. The van der Waals surface area contributed by atoms with Gasteiger partial charge in [0.15, 0.2) is 0 Å². The number of phenols is 3. The molecule has 9 aromatic carbocycles. The number of piperazine rings is 1. The zero-order valence-electron chi connectivity index (χ0n) is 66.1. The maximum absolute atomic E-state index is 12.5. The van der Waals surface area contributed by atoms with Crippen molar-refractivity contribution in [2.45, 2.75) is 111 Å². The standard InChI is InChI=1S/C36H44N2O5.C32H38N2O4.C28H31NO2/c1-36(2,3)43-35(41)38-24-29-22-37(23-30(29)25-38)19-21-42-32-17-13-28(14-18-32)34(27-11-15-31(40)16-12-27)33(10-7-20-39)26-8-5-4-6-9-26;1-32(2,3)38-31(37)34-21-19-33(20-22-34)27-15-11-25(12-16-27)30(26-13-17-28(36)18-14-26)29(10-7-23-35)24-8-5-4-6-9-24;30-21-7-10-27(22-8-3-1-4-9-22)28(24-13-17-26(31)18-14-24)23-11-15-25(16-12-23)29-19-5-2-6-20-29/h4-6,8-9,11-18,29-30,39-40H,7,10,19-25H2,1-3H3;4-6,8-9,11-18,35-36H,7,10,19-23H2,1-3H3;1,3-4,8-9,11-18,30-31H,2,5-7,10,19-21H2/b34-33-;30-29+;28-27+/t29-,30+;;. The van der Waals surface area contributed by atoms with Crippen LogP contribution in [0, 0.1) is 11.8 Å². The van der Waals surface area contributed by atoms with Gasteiger partial charge in [0.1, 0.15) is 40.8 Å². The molecule has 13 rings (SSSR count). The van der Waals surface area contributed by atoms with Gasteiger partial charge in [0.25, 0.3) is 0 Å². The van der Waals surface area contributed by atoms with Crippen molar-refractivity contribution in [2.75, 3.05) is 108 Å². The largest absolute Gasteiger partial charge is 0.508 e. The van der Waals surface area contributed by atoms with Crippen LogP contribution in [0.15, 0.2) is 237 Å². The van der Waals surface area contributed by atoms with Crippen LogP contribution in [-0.4, -0.2) is 167 Å². The summed E-state index contributed by atoms with van der Waals surface area (Å²) in [6.45, 7) is 21.7. The molecule has 2 atom stereocenters. The molecule has 9 aromatic rings. The Labute approximate surface area is 662 Å². The van der Waals surface area contributed by atoms with Crippen LogP contribution in [0.2, 0.25) is 0 Å². The van der Waals surface area contributed by atoms with E-state index in [1.165, 1.54) is 36.1 Å². The van der Waals surface area contributed by atoms with Crippen molar-refractivity contribution < 1.29 is 54.4 Å². The number of carbonyl (C=O) groups is 2. The van der Waals surface area contributed by atoms with E-state index >= 15 is 0 Å². The number of aromatic hydroxyl groups is 3. The summed E-state index contributed by atoms with van der Waals surface area (Å²) in [5.41, 5.74) is 18.0. The summed E-state index contributed by atoms with van der Waals surface area (Å²) >= 11 is 0. The number of likely N-dealkylation sites (tertiary alicyclic amines) is 2. The van der Waals surface area contributed by atoms with E-state index in [1.54, 1.807) is 41.3 Å². The molecule has 0 aliphatic carbocycles. The van der Waals surface area contributed by atoms with Crippen molar-refractivity contribution in [3.63, 3.8) is 0 Å². The Morgan fingerprint density at radius 3 is 1.00 bits per heavy atom. The molecule has 4 aliphatic rings. The fourth-order valence-corrected chi connectivity index (χ4v) is 15.4. The maximum atomic E-state index is 12.5. The summed E-state index contributed by atoms with van der Waals surface area (Å²) in [4.78, 5) is 35.7. The van der Waals surface area contributed by atoms with E-state index in [0.717, 1.165) is 162 Å². The number of hydrogen-bond donors (Lipinski definition) is 6. The van der Waals surface area contributed by atoms with E-state index in [4.69, 9.17) is 14.2 Å². The van der Waals surface area contributed by atoms with Gasteiger partial charge >= 0.3 is 12.2 Å². The fraction of sp³-hybridized carbons (Fsp3) is 0.354. The van der Waals surface area contributed by atoms with Crippen LogP contribution < -0.4 is 14.5 Å². The minimum absolute atomic E-state index is 0.118. The first-order valence-corrected chi connectivity index (χ1v) is 39.9. The second kappa shape index (κ2) is 40.0. The highest BCUT2D eigenvalue weighted by molar-refractivity contribution is 6.01. The summed E-state index contributed by atoms with van der Waals surface area (Å²) in [5.74, 6) is 2.51. The third-order valence-electron chi connectivity index (χ3n) is 20.9. The van der Waals surface area contributed by atoms with Crippen LogP contribution in [0.4, 0.5) is 21.0 Å². The number of fused-ring (bicyclic) bond motifs is 1. The SMILES string of the molecule is CC(C)(C)OC(=O)N1CCN(c2ccc(/C(=C(/CCCO)c3ccccc3)c3ccc(O)cc3)cc2)CC1.CC(C)(C)OC(=O)N1C[C@H]2CN(CCOc3ccc(/C(=C(/CCCO)c4ccccc4)c4ccc(O)cc4)cc3)C[C@H]2C1.OCCC/C(=C(\c1ccc(O)cc1)c1ccc(N2CCCCC2)cc1)c1ccccc1. The van der Waals surface area contributed by atoms with E-state index in [2.05, 4.69) is 124 Å². The van der Waals surface area contributed by atoms with Crippen LogP contribution in [0.1, 0.15) is 149 Å². The lowest BCUT2D eigenvalue weighted by atomic mass is 9.87. The minimum atomic E-state index is -0.497. The predicted octanol–water partition coefficient (Wildman–Crippen LogP) is 18.6. The maximum Gasteiger partial charge on any atom is 0.410 e. The quantitative estimate of drug-likeness (QED) is 0.0312. The summed E-state index contributed by atoms with van der Waals surface area (Å²) in [6.07, 6.45) is 7.65. The van der Waals surface area contributed by atoms with Crippen molar-refractivity contribution in [3.8, 4) is 23.0 Å². The Morgan fingerprint density at radius 1 is 0.357 bits per heavy atom. The van der Waals surface area contributed by atoms with Crippen molar-refractivity contribution >= 4 is 57.0 Å². The van der Waals surface area contributed by atoms with Crippen molar-refractivity contribution in [1.82, 2.24) is 14.7 Å². The predicted molar refractivity (Wildman–Crippen MR) is 452 cm³/mol. The Balaban J connectivity index is 0.000000168. The Kier molecular flexibility index (Phi) is 29.4. The fourth-order valence-electron chi connectivity index (χ4n) is 15.4. The molecule has 16 heteroatoms. The molecule has 2 amide bonds. The molecule has 112 heavy (non-hydrogen) atoms. The number of phenolic OH excluding ortho intramolecular Hbond substituents is 3. The van der Waals surface area contributed by atoms with E-state index in [0.29, 0.717) is 50.8 Å². The van der Waals surface area contributed by atoms with Gasteiger partial charge in [0.05, 0.1) is 0 Å². The molecule has 4 saturated heterocycles. The number of ether oxygens (including phenoxy) is 3. The summed E-state index contributed by atoms with van der Waals surface area (Å²) in [6, 6.07) is 78.7. The number of rotatable bonds is 24. The van der Waals surface area contributed by atoms with Crippen LogP contribution >= 0.6 is 0 Å². The average Bonchev–Trinajstić information content (AvgIpc) is 1.08. The van der Waals surface area contributed by atoms with Gasteiger partial charge in [-0.2, -0.15) is 0 Å².